The Bertz CT molecular complexity index is 1040. The van der Waals surface area contributed by atoms with Crippen LogP contribution in [-0.4, -0.2) is 60.5 Å². The highest BCUT2D eigenvalue weighted by Gasteiger charge is 2.32. The molecule has 3 atom stereocenters. The largest absolute Gasteiger partial charge is 0.350 e. The number of rotatable bonds is 10. The molecule has 202 valence electrons. The lowest BCUT2D eigenvalue weighted by Crippen LogP contribution is -2.50. The first kappa shape index (κ1) is 29.4. The monoisotopic (exact) mass is 546 g/mol. The molecule has 0 aromatic heterocycles. The molecule has 3 N–H and O–H groups in total. The number of carbonyl (C=O) groups is 2. The van der Waals surface area contributed by atoms with E-state index in [0.717, 1.165) is 19.4 Å². The van der Waals surface area contributed by atoms with Crippen LogP contribution in [0.15, 0.2) is 48.5 Å². The van der Waals surface area contributed by atoms with Crippen molar-refractivity contribution in [3.63, 3.8) is 0 Å². The van der Waals surface area contributed by atoms with Crippen molar-refractivity contribution in [3.8, 4) is 0 Å². The predicted molar refractivity (Wildman–Crippen MR) is 153 cm³/mol. The third-order valence-electron chi connectivity index (χ3n) is 6.78. The number of carbonyl (C=O) groups excluding carboxylic acids is 2. The van der Waals surface area contributed by atoms with Crippen molar-refractivity contribution in [2.24, 2.45) is 0 Å². The topological polar surface area (TPSA) is 73.5 Å². The molecule has 1 heterocycles. The molecular weight excluding hydrogens is 507 g/mol. The standard InChI is InChI=1S/C29H40Cl2N4O2/c1-5-20(21-9-7-6-8-10-21)19-35-16-14-23(34-26(28(35)37)13-15-33-29(2,3)4)18-32-27(36)22-11-12-24(30)25(31)17-22/h6-12,17,20,23,26,33-34H,5,13-16,18-19H2,1-4H3,(H,32,36)/t20-,23+,26+/m1/s1. The number of amides is 2. The Hall–Kier alpha value is -2.12. The Kier molecular flexibility index (Phi) is 10.8. The van der Waals surface area contributed by atoms with E-state index in [4.69, 9.17) is 23.2 Å². The van der Waals surface area contributed by atoms with E-state index in [1.54, 1.807) is 18.2 Å². The van der Waals surface area contributed by atoms with Crippen LogP contribution in [0, 0.1) is 0 Å². The predicted octanol–water partition coefficient (Wildman–Crippen LogP) is 5.25. The van der Waals surface area contributed by atoms with Crippen molar-refractivity contribution in [2.45, 2.75) is 70.5 Å². The van der Waals surface area contributed by atoms with Gasteiger partial charge < -0.3 is 20.9 Å². The maximum atomic E-state index is 13.7. The Morgan fingerprint density at radius 3 is 2.51 bits per heavy atom. The zero-order chi connectivity index (χ0) is 27.0. The molecule has 1 aliphatic heterocycles. The van der Waals surface area contributed by atoms with E-state index in [1.807, 2.05) is 11.0 Å². The van der Waals surface area contributed by atoms with Gasteiger partial charge >= 0.3 is 0 Å². The summed E-state index contributed by atoms with van der Waals surface area (Å²) >= 11 is 12.1. The Morgan fingerprint density at radius 2 is 1.86 bits per heavy atom. The molecule has 1 fully saturated rings. The highest BCUT2D eigenvalue weighted by Crippen LogP contribution is 2.24. The van der Waals surface area contributed by atoms with Crippen LogP contribution in [-0.2, 0) is 4.79 Å². The lowest BCUT2D eigenvalue weighted by atomic mass is 9.95. The van der Waals surface area contributed by atoms with Gasteiger partial charge in [0.2, 0.25) is 5.91 Å². The molecule has 0 unspecified atom stereocenters. The van der Waals surface area contributed by atoms with Gasteiger partial charge in [0, 0.05) is 42.7 Å². The molecule has 2 amide bonds. The van der Waals surface area contributed by atoms with Gasteiger partial charge in [0.05, 0.1) is 16.1 Å². The second-order valence-electron chi connectivity index (χ2n) is 10.8. The molecule has 37 heavy (non-hydrogen) atoms. The van der Waals surface area contributed by atoms with Crippen molar-refractivity contribution in [3.05, 3.63) is 69.7 Å². The maximum absolute atomic E-state index is 13.7. The van der Waals surface area contributed by atoms with Crippen LogP contribution < -0.4 is 16.0 Å². The van der Waals surface area contributed by atoms with Gasteiger partial charge in [0.25, 0.3) is 5.91 Å². The second kappa shape index (κ2) is 13.6. The Balaban J connectivity index is 1.69. The highest BCUT2D eigenvalue weighted by atomic mass is 35.5. The quantitative estimate of drug-likeness (QED) is 0.380. The van der Waals surface area contributed by atoms with Gasteiger partial charge in [-0.15, -0.1) is 0 Å². The minimum Gasteiger partial charge on any atom is -0.350 e. The summed E-state index contributed by atoms with van der Waals surface area (Å²) in [5, 5.41) is 10.8. The Labute approximate surface area is 231 Å². The summed E-state index contributed by atoms with van der Waals surface area (Å²) in [6.07, 6.45) is 2.38. The molecule has 0 aliphatic carbocycles. The number of benzene rings is 2. The van der Waals surface area contributed by atoms with E-state index in [2.05, 4.69) is 67.9 Å². The molecule has 0 saturated carbocycles. The summed E-state index contributed by atoms with van der Waals surface area (Å²) in [5.74, 6) is 0.196. The second-order valence-corrected chi connectivity index (χ2v) is 11.6. The fraction of sp³-hybridized carbons (Fsp3) is 0.517. The summed E-state index contributed by atoms with van der Waals surface area (Å²) < 4.78 is 0. The van der Waals surface area contributed by atoms with Crippen LogP contribution in [0.5, 0.6) is 0 Å². The average molecular weight is 548 g/mol. The third-order valence-corrected chi connectivity index (χ3v) is 7.52. The summed E-state index contributed by atoms with van der Waals surface area (Å²) in [7, 11) is 0. The molecular formula is C29H40Cl2N4O2. The van der Waals surface area contributed by atoms with Crippen molar-refractivity contribution in [2.75, 3.05) is 26.2 Å². The van der Waals surface area contributed by atoms with Crippen LogP contribution in [0.1, 0.15) is 68.8 Å². The molecule has 1 aliphatic rings. The van der Waals surface area contributed by atoms with Gasteiger partial charge in [-0.2, -0.15) is 0 Å². The lowest BCUT2D eigenvalue weighted by molar-refractivity contribution is -0.133. The molecule has 2 aromatic carbocycles. The van der Waals surface area contributed by atoms with Gasteiger partial charge in [-0.05, 0) is 70.3 Å². The summed E-state index contributed by atoms with van der Waals surface area (Å²) in [6.45, 7) is 11.0. The fourth-order valence-electron chi connectivity index (χ4n) is 4.64. The molecule has 1 saturated heterocycles. The number of hydrogen-bond acceptors (Lipinski definition) is 4. The van der Waals surface area contributed by atoms with E-state index >= 15 is 0 Å². The van der Waals surface area contributed by atoms with Crippen LogP contribution in [0.2, 0.25) is 10.0 Å². The molecule has 6 nitrogen and oxygen atoms in total. The van der Waals surface area contributed by atoms with Gasteiger partial charge in [0.1, 0.15) is 0 Å². The molecule has 0 bridgehead atoms. The highest BCUT2D eigenvalue weighted by molar-refractivity contribution is 6.42. The van der Waals surface area contributed by atoms with Crippen LogP contribution in [0.3, 0.4) is 0 Å². The van der Waals surface area contributed by atoms with E-state index in [-0.39, 0.29) is 35.4 Å². The van der Waals surface area contributed by atoms with Crippen molar-refractivity contribution in [1.82, 2.24) is 20.9 Å². The van der Waals surface area contributed by atoms with E-state index in [0.29, 0.717) is 41.7 Å². The molecule has 8 heteroatoms. The van der Waals surface area contributed by atoms with Crippen molar-refractivity contribution in [1.29, 1.82) is 0 Å². The lowest BCUT2D eigenvalue weighted by Gasteiger charge is -2.29. The Morgan fingerprint density at radius 1 is 1.14 bits per heavy atom. The number of hydrogen-bond donors (Lipinski definition) is 3. The minimum absolute atomic E-state index is 0.0265. The smallest absolute Gasteiger partial charge is 0.251 e. The summed E-state index contributed by atoms with van der Waals surface area (Å²) in [6, 6.07) is 14.9. The molecule has 0 spiro atoms. The zero-order valence-electron chi connectivity index (χ0n) is 22.3. The fourth-order valence-corrected chi connectivity index (χ4v) is 4.94. The van der Waals surface area contributed by atoms with Gasteiger partial charge in [-0.25, -0.2) is 0 Å². The normalized spacial score (nSPS) is 19.4. The first-order chi connectivity index (χ1) is 17.6. The molecule has 2 aromatic rings. The molecule has 3 rings (SSSR count). The van der Waals surface area contributed by atoms with Crippen LogP contribution >= 0.6 is 23.2 Å². The summed E-state index contributed by atoms with van der Waals surface area (Å²) in [4.78, 5) is 28.4. The molecule has 0 radical (unpaired) electrons. The van der Waals surface area contributed by atoms with Gasteiger partial charge in [0.15, 0.2) is 0 Å². The first-order valence-corrected chi connectivity index (χ1v) is 13.9. The van der Waals surface area contributed by atoms with Crippen molar-refractivity contribution >= 4 is 35.0 Å². The van der Waals surface area contributed by atoms with Gasteiger partial charge in [-0.3, -0.25) is 9.59 Å². The average Bonchev–Trinajstić information content (AvgIpc) is 3.01. The number of nitrogens with zero attached hydrogens (tertiary/aromatic N) is 1. The van der Waals surface area contributed by atoms with Crippen LogP contribution in [0.4, 0.5) is 0 Å². The minimum atomic E-state index is -0.322. The van der Waals surface area contributed by atoms with Gasteiger partial charge in [-0.1, -0.05) is 60.5 Å². The summed E-state index contributed by atoms with van der Waals surface area (Å²) in [5.41, 5.74) is 1.69. The first-order valence-electron chi connectivity index (χ1n) is 13.2. The van der Waals surface area contributed by atoms with Crippen LogP contribution in [0.25, 0.3) is 0 Å². The van der Waals surface area contributed by atoms with E-state index in [1.165, 1.54) is 5.56 Å². The third kappa shape index (κ3) is 8.99. The SMILES string of the molecule is CC[C@H](CN1CC[C@@H](CNC(=O)c2ccc(Cl)c(Cl)c2)N[C@@H](CCNC(C)(C)C)C1=O)c1ccccc1. The number of halogens is 2. The maximum Gasteiger partial charge on any atom is 0.251 e. The number of nitrogens with one attached hydrogen (secondary N) is 3. The zero-order valence-corrected chi connectivity index (χ0v) is 23.8. The van der Waals surface area contributed by atoms with E-state index in [9.17, 15) is 9.59 Å². The van der Waals surface area contributed by atoms with Crippen molar-refractivity contribution < 1.29 is 9.59 Å². The van der Waals surface area contributed by atoms with E-state index < -0.39 is 0 Å².